The normalized spacial score (nSPS) is 15.7. The molecule has 0 rings (SSSR count). The fourth-order valence-electron chi connectivity index (χ4n) is 0.896. The van der Waals surface area contributed by atoms with Crippen LogP contribution in [0, 0.1) is 0 Å². The Hall–Kier alpha value is -0.380. The topological polar surface area (TPSA) is 38.7 Å². The third-order valence-corrected chi connectivity index (χ3v) is 1.86. The zero-order chi connectivity index (χ0) is 9.61. The molecule has 0 amide bonds. The molecule has 0 aliphatic rings. The minimum absolute atomic E-state index is 0.660. The van der Waals surface area contributed by atoms with Gasteiger partial charge < -0.3 is 4.74 Å². The van der Waals surface area contributed by atoms with Crippen molar-refractivity contribution >= 4 is 0 Å². The largest absolute Gasteiger partial charge is 0.351 e. The van der Waals surface area contributed by atoms with E-state index in [1.54, 1.807) is 6.92 Å². The van der Waals surface area contributed by atoms with E-state index in [-0.39, 0.29) is 0 Å². The quantitative estimate of drug-likeness (QED) is 0.291. The smallest absolute Gasteiger partial charge is 0.198 e. The molecular formula is C9H18O3. The lowest BCUT2D eigenvalue weighted by Gasteiger charge is -2.23. The van der Waals surface area contributed by atoms with Crippen LogP contribution in [0.4, 0.5) is 0 Å². The molecule has 0 fully saturated rings. The second-order valence-corrected chi connectivity index (χ2v) is 3.24. The molecule has 12 heavy (non-hydrogen) atoms. The third kappa shape index (κ3) is 4.49. The van der Waals surface area contributed by atoms with Crippen LogP contribution in [0.2, 0.25) is 0 Å². The minimum atomic E-state index is -0.866. The molecule has 0 aliphatic heterocycles. The molecule has 0 aliphatic carbocycles. The minimum Gasteiger partial charge on any atom is -0.351 e. The molecule has 1 atom stereocenters. The highest BCUT2D eigenvalue weighted by molar-refractivity contribution is 4.87. The zero-order valence-electron chi connectivity index (χ0n) is 8.09. The van der Waals surface area contributed by atoms with Crippen molar-refractivity contribution in [1.82, 2.24) is 0 Å². The van der Waals surface area contributed by atoms with E-state index in [9.17, 15) is 0 Å². The van der Waals surface area contributed by atoms with Crippen molar-refractivity contribution in [3.63, 3.8) is 0 Å². The van der Waals surface area contributed by atoms with Crippen LogP contribution < -0.4 is 0 Å². The molecular weight excluding hydrogens is 156 g/mol. The van der Waals surface area contributed by atoms with Crippen LogP contribution in [0.3, 0.4) is 0 Å². The first-order valence-electron chi connectivity index (χ1n) is 4.06. The number of ether oxygens (including phenoxy) is 1. The van der Waals surface area contributed by atoms with Crippen molar-refractivity contribution < 1.29 is 14.9 Å². The monoisotopic (exact) mass is 174 g/mol. The van der Waals surface area contributed by atoms with Crippen LogP contribution in [0.15, 0.2) is 12.2 Å². The Bertz CT molecular complexity index is 139. The third-order valence-electron chi connectivity index (χ3n) is 1.86. The van der Waals surface area contributed by atoms with E-state index in [1.807, 2.05) is 6.92 Å². The summed E-state index contributed by atoms with van der Waals surface area (Å²) in [5.74, 6) is -0.866. The Morgan fingerprint density at radius 3 is 2.50 bits per heavy atom. The average molecular weight is 174 g/mol. The highest BCUT2D eigenvalue weighted by Crippen LogP contribution is 2.19. The fraction of sp³-hybridized carbons (Fsp3) is 0.778. The van der Waals surface area contributed by atoms with E-state index in [2.05, 4.69) is 11.5 Å². The van der Waals surface area contributed by atoms with Gasteiger partial charge in [-0.1, -0.05) is 5.57 Å². The van der Waals surface area contributed by atoms with E-state index < -0.39 is 5.79 Å². The summed E-state index contributed by atoms with van der Waals surface area (Å²) in [6, 6.07) is 0. The van der Waals surface area contributed by atoms with Crippen molar-refractivity contribution in [1.29, 1.82) is 0 Å². The molecule has 0 bridgehead atoms. The van der Waals surface area contributed by atoms with Gasteiger partial charge in [-0.05, 0) is 26.7 Å². The first-order chi connectivity index (χ1) is 5.54. The van der Waals surface area contributed by atoms with E-state index >= 15 is 0 Å². The SMILES string of the molecule is C=C(C)CCCC(C)(OC)OO. The lowest BCUT2D eigenvalue weighted by Crippen LogP contribution is -2.29. The predicted octanol–water partition coefficient (Wildman–Crippen LogP) is 2.58. The van der Waals surface area contributed by atoms with Crippen LogP contribution in [0.5, 0.6) is 0 Å². The van der Waals surface area contributed by atoms with Crippen molar-refractivity contribution in [2.24, 2.45) is 0 Å². The van der Waals surface area contributed by atoms with Crippen LogP contribution in [-0.4, -0.2) is 18.2 Å². The molecule has 0 aromatic carbocycles. The van der Waals surface area contributed by atoms with Gasteiger partial charge in [0.25, 0.3) is 0 Å². The number of hydrogen-bond acceptors (Lipinski definition) is 3. The van der Waals surface area contributed by atoms with Crippen LogP contribution in [0.25, 0.3) is 0 Å². The maximum absolute atomic E-state index is 8.50. The van der Waals surface area contributed by atoms with E-state index in [0.717, 1.165) is 18.4 Å². The van der Waals surface area contributed by atoms with Gasteiger partial charge in [-0.15, -0.1) is 6.58 Å². The summed E-state index contributed by atoms with van der Waals surface area (Å²) in [4.78, 5) is 4.22. The lowest BCUT2D eigenvalue weighted by atomic mass is 10.1. The van der Waals surface area contributed by atoms with Crippen molar-refractivity contribution in [2.75, 3.05) is 7.11 Å². The molecule has 0 radical (unpaired) electrons. The van der Waals surface area contributed by atoms with Gasteiger partial charge in [-0.25, -0.2) is 10.1 Å². The summed E-state index contributed by atoms with van der Waals surface area (Å²) >= 11 is 0. The van der Waals surface area contributed by atoms with Gasteiger partial charge in [-0.2, -0.15) is 0 Å². The first-order valence-corrected chi connectivity index (χ1v) is 4.06. The molecule has 0 saturated heterocycles. The van der Waals surface area contributed by atoms with Gasteiger partial charge in [0, 0.05) is 13.5 Å². The van der Waals surface area contributed by atoms with E-state index in [4.69, 9.17) is 9.99 Å². The molecule has 0 aromatic heterocycles. The molecule has 3 heteroatoms. The van der Waals surface area contributed by atoms with Gasteiger partial charge >= 0.3 is 0 Å². The molecule has 0 saturated carbocycles. The predicted molar refractivity (Wildman–Crippen MR) is 47.8 cm³/mol. The summed E-state index contributed by atoms with van der Waals surface area (Å²) in [5.41, 5.74) is 1.13. The molecule has 0 aromatic rings. The highest BCUT2D eigenvalue weighted by Gasteiger charge is 2.23. The zero-order valence-corrected chi connectivity index (χ0v) is 8.09. The summed E-state index contributed by atoms with van der Waals surface area (Å²) in [5, 5.41) is 8.50. The fourth-order valence-corrected chi connectivity index (χ4v) is 0.896. The van der Waals surface area contributed by atoms with Gasteiger partial charge in [0.1, 0.15) is 0 Å². The van der Waals surface area contributed by atoms with Gasteiger partial charge in [0.2, 0.25) is 0 Å². The summed E-state index contributed by atoms with van der Waals surface area (Å²) in [6.07, 6.45) is 2.50. The molecule has 1 N–H and O–H groups in total. The highest BCUT2D eigenvalue weighted by atomic mass is 17.1. The van der Waals surface area contributed by atoms with E-state index in [1.165, 1.54) is 7.11 Å². The molecule has 0 heterocycles. The number of rotatable bonds is 6. The average Bonchev–Trinajstić information content (AvgIpc) is 2.03. The van der Waals surface area contributed by atoms with Crippen LogP contribution in [0.1, 0.15) is 33.1 Å². The van der Waals surface area contributed by atoms with Gasteiger partial charge in [0.15, 0.2) is 5.79 Å². The summed E-state index contributed by atoms with van der Waals surface area (Å²) < 4.78 is 4.97. The first kappa shape index (κ1) is 11.6. The Labute approximate surface area is 73.9 Å². The van der Waals surface area contributed by atoms with Gasteiger partial charge in [0.05, 0.1) is 0 Å². The Kier molecular flexibility index (Phi) is 5.13. The Morgan fingerprint density at radius 2 is 2.17 bits per heavy atom. The number of hydrogen-bond donors (Lipinski definition) is 1. The maximum atomic E-state index is 8.50. The Morgan fingerprint density at radius 1 is 1.58 bits per heavy atom. The standard InChI is InChI=1S/C9H18O3/c1-8(2)6-5-7-9(3,11-4)12-10/h10H,1,5-7H2,2-4H3. The van der Waals surface area contributed by atoms with E-state index in [0.29, 0.717) is 6.42 Å². The van der Waals surface area contributed by atoms with Crippen molar-refractivity contribution in [3.05, 3.63) is 12.2 Å². The van der Waals surface area contributed by atoms with Crippen molar-refractivity contribution in [3.8, 4) is 0 Å². The second-order valence-electron chi connectivity index (χ2n) is 3.24. The van der Waals surface area contributed by atoms with Crippen molar-refractivity contribution in [2.45, 2.75) is 38.9 Å². The van der Waals surface area contributed by atoms with Crippen LogP contribution >= 0.6 is 0 Å². The second kappa shape index (κ2) is 5.30. The summed E-state index contributed by atoms with van der Waals surface area (Å²) in [6.45, 7) is 7.46. The molecule has 72 valence electrons. The summed E-state index contributed by atoms with van der Waals surface area (Å²) in [7, 11) is 1.51. The maximum Gasteiger partial charge on any atom is 0.198 e. The van der Waals surface area contributed by atoms with Gasteiger partial charge in [-0.3, -0.25) is 0 Å². The number of allylic oxidation sites excluding steroid dienone is 1. The Balaban J connectivity index is 3.65. The molecule has 0 spiro atoms. The molecule has 3 nitrogen and oxygen atoms in total. The lowest BCUT2D eigenvalue weighted by molar-refractivity contribution is -0.393. The number of methoxy groups -OCH3 is 1. The molecule has 1 unspecified atom stereocenters. The van der Waals surface area contributed by atoms with Crippen LogP contribution in [-0.2, 0) is 9.62 Å².